The number of halogens is 1. The van der Waals surface area contributed by atoms with Gasteiger partial charge in [-0.25, -0.2) is 4.98 Å². The lowest BCUT2D eigenvalue weighted by Gasteiger charge is -1.97. The number of rotatable bonds is 3. The van der Waals surface area contributed by atoms with E-state index >= 15 is 0 Å². The summed E-state index contributed by atoms with van der Waals surface area (Å²) in [4.78, 5) is 4.17. The zero-order chi connectivity index (χ0) is 9.80. The number of thiazole rings is 1. The first-order valence-corrected chi connectivity index (χ1v) is 6.36. The molecule has 0 saturated heterocycles. The van der Waals surface area contributed by atoms with E-state index in [9.17, 15) is 0 Å². The van der Waals surface area contributed by atoms with E-state index in [1.54, 1.807) is 23.1 Å². The maximum absolute atomic E-state index is 5.73. The van der Waals surface area contributed by atoms with Gasteiger partial charge in [-0.2, -0.15) is 0 Å². The van der Waals surface area contributed by atoms with E-state index in [-0.39, 0.29) is 0 Å². The molecule has 1 aromatic carbocycles. The molecule has 0 spiro atoms. The van der Waals surface area contributed by atoms with Crippen LogP contribution in [0.25, 0.3) is 0 Å². The smallest absolute Gasteiger partial charge is 0.151 e. The van der Waals surface area contributed by atoms with Gasteiger partial charge in [-0.1, -0.05) is 53.7 Å². The molecule has 0 atom stereocenters. The summed E-state index contributed by atoms with van der Waals surface area (Å²) in [5.74, 6) is 0.949. The zero-order valence-electron chi connectivity index (χ0n) is 7.31. The van der Waals surface area contributed by atoms with E-state index in [0.29, 0.717) is 5.15 Å². The van der Waals surface area contributed by atoms with Crippen LogP contribution in [0.4, 0.5) is 0 Å². The number of aromatic nitrogens is 1. The van der Waals surface area contributed by atoms with Crippen LogP contribution in [0.2, 0.25) is 5.15 Å². The minimum Gasteiger partial charge on any atom is -0.218 e. The lowest BCUT2D eigenvalue weighted by atomic mass is 10.2. The lowest BCUT2D eigenvalue weighted by Crippen LogP contribution is -1.78. The standard InChI is InChI=1S/C10H8ClNS2/c11-9-7-14-10(12-9)13-6-8-4-2-1-3-5-8/h1-5,7H,6H2. The number of nitrogens with zero attached hydrogens (tertiary/aromatic N) is 1. The predicted molar refractivity (Wildman–Crippen MR) is 63.1 cm³/mol. The van der Waals surface area contributed by atoms with Crippen molar-refractivity contribution in [3.05, 3.63) is 46.4 Å². The minimum atomic E-state index is 0.588. The van der Waals surface area contributed by atoms with Gasteiger partial charge in [0.2, 0.25) is 0 Å². The van der Waals surface area contributed by atoms with Crippen LogP contribution in [0.1, 0.15) is 5.56 Å². The predicted octanol–water partition coefficient (Wildman–Crippen LogP) is 4.09. The molecule has 2 aromatic rings. The second kappa shape index (κ2) is 4.82. The van der Waals surface area contributed by atoms with Crippen molar-refractivity contribution >= 4 is 34.7 Å². The minimum absolute atomic E-state index is 0.588. The Kier molecular flexibility index (Phi) is 3.45. The van der Waals surface area contributed by atoms with E-state index in [1.807, 2.05) is 23.6 Å². The number of hydrogen-bond acceptors (Lipinski definition) is 3. The monoisotopic (exact) mass is 241 g/mol. The molecule has 0 unspecified atom stereocenters. The fraction of sp³-hybridized carbons (Fsp3) is 0.100. The molecular formula is C10H8ClNS2. The van der Waals surface area contributed by atoms with Crippen molar-refractivity contribution in [1.29, 1.82) is 0 Å². The van der Waals surface area contributed by atoms with Crippen molar-refractivity contribution in [2.75, 3.05) is 0 Å². The maximum atomic E-state index is 5.73. The molecule has 0 aliphatic rings. The van der Waals surface area contributed by atoms with Crippen LogP contribution in [0, 0.1) is 0 Å². The average molecular weight is 242 g/mol. The third kappa shape index (κ3) is 2.74. The molecule has 0 aliphatic heterocycles. The highest BCUT2D eigenvalue weighted by molar-refractivity contribution is 8.00. The topological polar surface area (TPSA) is 12.9 Å². The SMILES string of the molecule is Clc1csc(SCc2ccccc2)n1. The van der Waals surface area contributed by atoms with Crippen LogP contribution < -0.4 is 0 Å². The number of thioether (sulfide) groups is 1. The Labute approximate surface area is 96.1 Å². The molecule has 0 aliphatic carbocycles. The third-order valence-electron chi connectivity index (χ3n) is 1.66. The van der Waals surface area contributed by atoms with Gasteiger partial charge in [-0.05, 0) is 5.56 Å². The highest BCUT2D eigenvalue weighted by Crippen LogP contribution is 2.27. The number of hydrogen-bond donors (Lipinski definition) is 0. The summed E-state index contributed by atoms with van der Waals surface area (Å²) >= 11 is 9.03. The van der Waals surface area contributed by atoms with Gasteiger partial charge in [0, 0.05) is 11.1 Å². The van der Waals surface area contributed by atoms with E-state index < -0.39 is 0 Å². The van der Waals surface area contributed by atoms with Gasteiger partial charge in [0.15, 0.2) is 4.34 Å². The summed E-state index contributed by atoms with van der Waals surface area (Å²) in [6, 6.07) is 10.3. The Morgan fingerprint density at radius 2 is 2.07 bits per heavy atom. The fourth-order valence-electron chi connectivity index (χ4n) is 1.02. The van der Waals surface area contributed by atoms with Crippen LogP contribution in [0.5, 0.6) is 0 Å². The highest BCUT2D eigenvalue weighted by atomic mass is 35.5. The summed E-state index contributed by atoms with van der Waals surface area (Å²) < 4.78 is 1.03. The molecule has 0 radical (unpaired) electrons. The molecule has 0 fully saturated rings. The summed E-state index contributed by atoms with van der Waals surface area (Å²) in [5, 5.41) is 2.44. The van der Waals surface area contributed by atoms with Crippen LogP contribution in [0.3, 0.4) is 0 Å². The quantitative estimate of drug-likeness (QED) is 0.751. The zero-order valence-corrected chi connectivity index (χ0v) is 9.70. The Hall–Kier alpha value is -0.510. The third-order valence-corrected chi connectivity index (χ3v) is 4.08. The van der Waals surface area contributed by atoms with Crippen molar-refractivity contribution in [2.24, 2.45) is 0 Å². The first-order valence-electron chi connectivity index (χ1n) is 4.12. The molecule has 0 N–H and O–H groups in total. The summed E-state index contributed by atoms with van der Waals surface area (Å²) in [5.41, 5.74) is 1.31. The van der Waals surface area contributed by atoms with Crippen molar-refractivity contribution in [3.8, 4) is 0 Å². The van der Waals surface area contributed by atoms with Gasteiger partial charge < -0.3 is 0 Å². The Morgan fingerprint density at radius 3 is 2.71 bits per heavy atom. The second-order valence-corrected chi connectivity index (χ2v) is 5.18. The van der Waals surface area contributed by atoms with Crippen LogP contribution in [0.15, 0.2) is 40.1 Å². The molecule has 4 heteroatoms. The Morgan fingerprint density at radius 1 is 1.29 bits per heavy atom. The molecule has 0 bridgehead atoms. The van der Waals surface area contributed by atoms with Crippen LogP contribution in [-0.2, 0) is 5.75 Å². The van der Waals surface area contributed by atoms with Crippen molar-refractivity contribution in [1.82, 2.24) is 4.98 Å². The Bertz CT molecular complexity index is 400. The molecule has 0 saturated carbocycles. The van der Waals surface area contributed by atoms with Gasteiger partial charge in [-0.3, -0.25) is 0 Å². The number of benzene rings is 1. The molecule has 1 nitrogen and oxygen atoms in total. The summed E-state index contributed by atoms with van der Waals surface area (Å²) in [6.45, 7) is 0. The van der Waals surface area contributed by atoms with E-state index in [0.717, 1.165) is 10.1 Å². The van der Waals surface area contributed by atoms with Gasteiger partial charge in [0.25, 0.3) is 0 Å². The van der Waals surface area contributed by atoms with Crippen LogP contribution >= 0.6 is 34.7 Å². The first kappa shape index (κ1) is 10.0. The average Bonchev–Trinajstić information content (AvgIpc) is 2.63. The van der Waals surface area contributed by atoms with Gasteiger partial charge in [0.1, 0.15) is 5.15 Å². The first-order chi connectivity index (χ1) is 6.84. The molecule has 72 valence electrons. The molecule has 2 rings (SSSR count). The van der Waals surface area contributed by atoms with Crippen molar-refractivity contribution in [2.45, 2.75) is 10.1 Å². The van der Waals surface area contributed by atoms with E-state index in [2.05, 4.69) is 17.1 Å². The molecule has 0 amide bonds. The lowest BCUT2D eigenvalue weighted by molar-refractivity contribution is 1.24. The van der Waals surface area contributed by atoms with Crippen molar-refractivity contribution < 1.29 is 0 Å². The summed E-state index contributed by atoms with van der Waals surface area (Å²) in [6.07, 6.45) is 0. The normalized spacial score (nSPS) is 10.4. The maximum Gasteiger partial charge on any atom is 0.151 e. The molecular weight excluding hydrogens is 234 g/mol. The fourth-order valence-corrected chi connectivity index (χ4v) is 2.98. The Balaban J connectivity index is 1.95. The van der Waals surface area contributed by atoms with Gasteiger partial charge in [0.05, 0.1) is 0 Å². The van der Waals surface area contributed by atoms with Crippen LogP contribution in [-0.4, -0.2) is 4.98 Å². The summed E-state index contributed by atoms with van der Waals surface area (Å²) in [7, 11) is 0. The van der Waals surface area contributed by atoms with E-state index in [4.69, 9.17) is 11.6 Å². The molecule has 1 aromatic heterocycles. The highest BCUT2D eigenvalue weighted by Gasteiger charge is 2.00. The largest absolute Gasteiger partial charge is 0.218 e. The molecule has 14 heavy (non-hydrogen) atoms. The van der Waals surface area contributed by atoms with Gasteiger partial charge >= 0.3 is 0 Å². The van der Waals surface area contributed by atoms with Gasteiger partial charge in [-0.15, -0.1) is 11.3 Å². The molecule has 1 heterocycles. The van der Waals surface area contributed by atoms with Crippen molar-refractivity contribution in [3.63, 3.8) is 0 Å². The van der Waals surface area contributed by atoms with E-state index in [1.165, 1.54) is 5.56 Å². The second-order valence-electron chi connectivity index (χ2n) is 2.71.